The van der Waals surface area contributed by atoms with E-state index >= 15 is 0 Å². The molecule has 1 aromatic rings. The summed E-state index contributed by atoms with van der Waals surface area (Å²) in [6.07, 6.45) is 8.02. The van der Waals surface area contributed by atoms with Crippen molar-refractivity contribution in [2.75, 3.05) is 19.0 Å². The first-order chi connectivity index (χ1) is 8.83. The number of hydrogen-bond acceptors (Lipinski definition) is 5. The van der Waals surface area contributed by atoms with Crippen molar-refractivity contribution in [3.8, 4) is 5.88 Å². The molecule has 1 heterocycles. The van der Waals surface area contributed by atoms with Crippen LogP contribution in [0.3, 0.4) is 0 Å². The minimum Gasteiger partial charge on any atom is -0.481 e. The first kappa shape index (κ1) is 13.1. The van der Waals surface area contributed by atoms with E-state index in [4.69, 9.17) is 10.5 Å². The van der Waals surface area contributed by atoms with E-state index in [0.717, 1.165) is 5.82 Å². The second-order valence-electron chi connectivity index (χ2n) is 4.83. The van der Waals surface area contributed by atoms with E-state index in [2.05, 4.69) is 15.3 Å². The van der Waals surface area contributed by atoms with Crippen molar-refractivity contribution < 1.29 is 4.74 Å². The molecule has 0 amide bonds. The van der Waals surface area contributed by atoms with Crippen molar-refractivity contribution in [2.24, 2.45) is 11.7 Å². The summed E-state index contributed by atoms with van der Waals surface area (Å²) in [4.78, 5) is 8.21. The van der Waals surface area contributed by atoms with Crippen molar-refractivity contribution in [3.63, 3.8) is 0 Å². The van der Waals surface area contributed by atoms with E-state index in [1.54, 1.807) is 7.11 Å². The van der Waals surface area contributed by atoms with Crippen LogP contribution in [0.5, 0.6) is 5.88 Å². The summed E-state index contributed by atoms with van der Waals surface area (Å²) in [5, 5.41) is 3.42. The fourth-order valence-electron chi connectivity index (χ4n) is 2.63. The molecule has 0 aromatic carbocycles. The van der Waals surface area contributed by atoms with E-state index in [9.17, 15) is 0 Å². The topological polar surface area (TPSA) is 73.1 Å². The highest BCUT2D eigenvalue weighted by Gasteiger charge is 2.22. The molecule has 18 heavy (non-hydrogen) atoms. The van der Waals surface area contributed by atoms with Crippen LogP contribution in [0.15, 0.2) is 12.4 Å². The number of anilines is 1. The average molecular weight is 250 g/mol. The van der Waals surface area contributed by atoms with Gasteiger partial charge in [0.15, 0.2) is 0 Å². The summed E-state index contributed by atoms with van der Waals surface area (Å²) >= 11 is 0. The standard InChI is InChI=1S/C13H22N4O/c1-18-13-7-12(15-9-16-13)17-11(8-14)10-5-3-2-4-6-10/h7,9-11H,2-6,8,14H2,1H3,(H,15,16,17). The van der Waals surface area contributed by atoms with Gasteiger partial charge in [0.1, 0.15) is 12.1 Å². The Kier molecular flexibility index (Phi) is 4.75. The molecular weight excluding hydrogens is 228 g/mol. The van der Waals surface area contributed by atoms with Crippen molar-refractivity contribution in [1.82, 2.24) is 9.97 Å². The van der Waals surface area contributed by atoms with E-state index in [-0.39, 0.29) is 0 Å². The Morgan fingerprint density at radius 1 is 1.39 bits per heavy atom. The Labute approximate surface area is 108 Å². The molecule has 0 bridgehead atoms. The molecule has 1 fully saturated rings. The number of methoxy groups -OCH3 is 1. The van der Waals surface area contributed by atoms with E-state index < -0.39 is 0 Å². The Morgan fingerprint density at radius 2 is 2.17 bits per heavy atom. The number of nitrogens with zero attached hydrogens (tertiary/aromatic N) is 2. The molecule has 3 N–H and O–H groups in total. The van der Waals surface area contributed by atoms with Crippen molar-refractivity contribution in [2.45, 2.75) is 38.1 Å². The molecule has 1 aliphatic rings. The Balaban J connectivity index is 1.99. The van der Waals surface area contributed by atoms with Gasteiger partial charge in [-0.3, -0.25) is 0 Å². The van der Waals surface area contributed by atoms with Gasteiger partial charge in [0.05, 0.1) is 7.11 Å². The van der Waals surface area contributed by atoms with E-state index in [1.807, 2.05) is 6.07 Å². The van der Waals surface area contributed by atoms with Crippen LogP contribution in [-0.4, -0.2) is 29.7 Å². The maximum absolute atomic E-state index is 5.88. The van der Waals surface area contributed by atoms with E-state index in [0.29, 0.717) is 24.4 Å². The third-order valence-electron chi connectivity index (χ3n) is 3.66. The lowest BCUT2D eigenvalue weighted by molar-refractivity contribution is 0.320. The third kappa shape index (κ3) is 3.32. The third-order valence-corrected chi connectivity index (χ3v) is 3.66. The molecule has 0 aliphatic heterocycles. The van der Waals surface area contributed by atoms with E-state index in [1.165, 1.54) is 38.4 Å². The predicted octanol–water partition coefficient (Wildman–Crippen LogP) is 1.80. The van der Waals surface area contributed by atoms with Crippen LogP contribution in [0.1, 0.15) is 32.1 Å². The second-order valence-corrected chi connectivity index (χ2v) is 4.83. The second kappa shape index (κ2) is 6.54. The number of aromatic nitrogens is 2. The molecule has 5 nitrogen and oxygen atoms in total. The van der Waals surface area contributed by atoms with Crippen molar-refractivity contribution in [3.05, 3.63) is 12.4 Å². The number of hydrogen-bond donors (Lipinski definition) is 2. The smallest absolute Gasteiger partial charge is 0.218 e. The molecule has 1 unspecified atom stereocenters. The van der Waals surface area contributed by atoms with Gasteiger partial charge in [-0.05, 0) is 18.8 Å². The average Bonchev–Trinajstić information content (AvgIpc) is 2.46. The maximum Gasteiger partial charge on any atom is 0.218 e. The Morgan fingerprint density at radius 3 is 2.83 bits per heavy atom. The molecular formula is C13H22N4O. The van der Waals surface area contributed by atoms with Gasteiger partial charge in [0, 0.05) is 18.7 Å². The van der Waals surface area contributed by atoms with Gasteiger partial charge in [0.25, 0.3) is 0 Å². The quantitative estimate of drug-likeness (QED) is 0.833. The fourth-order valence-corrected chi connectivity index (χ4v) is 2.63. The van der Waals surface area contributed by atoms with Crippen LogP contribution < -0.4 is 15.8 Å². The summed E-state index contributed by atoms with van der Waals surface area (Å²) in [6.45, 7) is 0.636. The molecule has 0 radical (unpaired) electrons. The molecule has 0 spiro atoms. The molecule has 2 rings (SSSR count). The highest BCUT2D eigenvalue weighted by molar-refractivity contribution is 5.38. The van der Waals surface area contributed by atoms with Gasteiger partial charge in [-0.25, -0.2) is 9.97 Å². The van der Waals surface area contributed by atoms with Crippen LogP contribution in [0.25, 0.3) is 0 Å². The monoisotopic (exact) mass is 250 g/mol. The van der Waals surface area contributed by atoms with Crippen LogP contribution >= 0.6 is 0 Å². The summed E-state index contributed by atoms with van der Waals surface area (Å²) in [5.74, 6) is 2.03. The van der Waals surface area contributed by atoms with Crippen LogP contribution in [0.4, 0.5) is 5.82 Å². The minimum atomic E-state index is 0.296. The highest BCUT2D eigenvalue weighted by Crippen LogP contribution is 2.27. The Bertz CT molecular complexity index is 366. The molecule has 1 atom stereocenters. The van der Waals surface area contributed by atoms with Gasteiger partial charge < -0.3 is 15.8 Å². The van der Waals surface area contributed by atoms with Crippen molar-refractivity contribution in [1.29, 1.82) is 0 Å². The van der Waals surface area contributed by atoms with Crippen LogP contribution in [0, 0.1) is 5.92 Å². The molecule has 1 aromatic heterocycles. The lowest BCUT2D eigenvalue weighted by Gasteiger charge is -2.30. The zero-order valence-electron chi connectivity index (χ0n) is 10.9. The lowest BCUT2D eigenvalue weighted by atomic mass is 9.84. The summed E-state index contributed by atoms with van der Waals surface area (Å²) in [6, 6.07) is 2.11. The number of nitrogens with two attached hydrogens (primary N) is 1. The van der Waals surface area contributed by atoms with Gasteiger partial charge in [0.2, 0.25) is 5.88 Å². The SMILES string of the molecule is COc1cc(NC(CN)C2CCCCC2)ncn1. The minimum absolute atomic E-state index is 0.296. The molecule has 5 heteroatoms. The fraction of sp³-hybridized carbons (Fsp3) is 0.692. The molecule has 0 saturated heterocycles. The van der Waals surface area contributed by atoms with Gasteiger partial charge >= 0.3 is 0 Å². The normalized spacial score (nSPS) is 18.3. The zero-order chi connectivity index (χ0) is 12.8. The number of rotatable bonds is 5. The van der Waals surface area contributed by atoms with Gasteiger partial charge in [-0.2, -0.15) is 0 Å². The maximum atomic E-state index is 5.88. The Hall–Kier alpha value is -1.36. The molecule has 1 aliphatic carbocycles. The van der Waals surface area contributed by atoms with Crippen LogP contribution in [-0.2, 0) is 0 Å². The first-order valence-electron chi connectivity index (χ1n) is 6.66. The van der Waals surface area contributed by atoms with Gasteiger partial charge in [-0.15, -0.1) is 0 Å². The summed E-state index contributed by atoms with van der Waals surface area (Å²) in [5.41, 5.74) is 5.88. The summed E-state index contributed by atoms with van der Waals surface area (Å²) in [7, 11) is 1.60. The molecule has 1 saturated carbocycles. The zero-order valence-corrected chi connectivity index (χ0v) is 10.9. The lowest BCUT2D eigenvalue weighted by Crippen LogP contribution is -2.37. The number of nitrogens with one attached hydrogen (secondary N) is 1. The largest absolute Gasteiger partial charge is 0.481 e. The predicted molar refractivity (Wildman–Crippen MR) is 71.6 cm³/mol. The summed E-state index contributed by atoms with van der Waals surface area (Å²) < 4.78 is 5.09. The first-order valence-corrected chi connectivity index (χ1v) is 6.66. The highest BCUT2D eigenvalue weighted by atomic mass is 16.5. The van der Waals surface area contributed by atoms with Crippen molar-refractivity contribution >= 4 is 5.82 Å². The molecule has 100 valence electrons. The van der Waals surface area contributed by atoms with Crippen LogP contribution in [0.2, 0.25) is 0 Å². The number of ether oxygens (including phenoxy) is 1. The van der Waals surface area contributed by atoms with Gasteiger partial charge in [-0.1, -0.05) is 19.3 Å².